The van der Waals surface area contributed by atoms with Gasteiger partial charge in [-0.25, -0.2) is 0 Å². The average molecular weight is 251 g/mol. The highest BCUT2D eigenvalue weighted by Gasteiger charge is 2.35. The van der Waals surface area contributed by atoms with Crippen LogP contribution >= 0.6 is 0 Å². The van der Waals surface area contributed by atoms with Crippen LogP contribution < -0.4 is 5.32 Å². The Hall–Kier alpha value is -0.0400. The fourth-order valence-electron chi connectivity index (χ4n) is 4.35. The Kier molecular flexibility index (Phi) is 5.54. The van der Waals surface area contributed by atoms with Crippen LogP contribution in [0.5, 0.6) is 0 Å². The molecule has 18 heavy (non-hydrogen) atoms. The first-order valence-electron chi connectivity index (χ1n) is 8.44. The molecule has 0 aliphatic heterocycles. The molecule has 2 aliphatic carbocycles. The van der Waals surface area contributed by atoms with Crippen LogP contribution in [-0.4, -0.2) is 12.6 Å². The van der Waals surface area contributed by atoms with Crippen molar-refractivity contribution in [2.75, 3.05) is 6.54 Å². The molecule has 1 heteroatoms. The lowest BCUT2D eigenvalue weighted by molar-refractivity contribution is 0.166. The Labute approximate surface area is 114 Å². The molecule has 2 saturated carbocycles. The number of hydrogen-bond donors (Lipinski definition) is 1. The largest absolute Gasteiger partial charge is 0.314 e. The van der Waals surface area contributed by atoms with E-state index in [0.29, 0.717) is 6.04 Å². The van der Waals surface area contributed by atoms with E-state index >= 15 is 0 Å². The summed E-state index contributed by atoms with van der Waals surface area (Å²) in [6.45, 7) is 8.19. The summed E-state index contributed by atoms with van der Waals surface area (Å²) in [6, 6.07) is 0.655. The zero-order valence-electron chi connectivity index (χ0n) is 12.8. The molecule has 0 spiro atoms. The number of rotatable bonds is 5. The second kappa shape index (κ2) is 6.93. The lowest BCUT2D eigenvalue weighted by atomic mass is 9.72. The van der Waals surface area contributed by atoms with Crippen LogP contribution in [0.1, 0.15) is 72.1 Å². The zero-order valence-corrected chi connectivity index (χ0v) is 12.8. The lowest BCUT2D eigenvalue weighted by Crippen LogP contribution is -2.33. The topological polar surface area (TPSA) is 12.0 Å². The average Bonchev–Trinajstić information content (AvgIpc) is 2.85. The fourth-order valence-corrected chi connectivity index (χ4v) is 4.35. The van der Waals surface area contributed by atoms with Crippen molar-refractivity contribution in [3.63, 3.8) is 0 Å². The van der Waals surface area contributed by atoms with Crippen molar-refractivity contribution in [3.8, 4) is 0 Å². The molecular weight excluding hydrogens is 218 g/mol. The smallest absolute Gasteiger partial charge is 0.00104 e. The van der Waals surface area contributed by atoms with E-state index in [0.717, 1.165) is 23.7 Å². The highest BCUT2D eigenvalue weighted by Crippen LogP contribution is 2.44. The minimum Gasteiger partial charge on any atom is -0.314 e. The summed E-state index contributed by atoms with van der Waals surface area (Å²) in [6.07, 6.45) is 12.0. The van der Waals surface area contributed by atoms with Gasteiger partial charge in [0, 0.05) is 6.04 Å². The van der Waals surface area contributed by atoms with Crippen molar-refractivity contribution < 1.29 is 0 Å². The number of hydrogen-bond acceptors (Lipinski definition) is 1. The Morgan fingerprint density at radius 1 is 1.00 bits per heavy atom. The molecule has 2 unspecified atom stereocenters. The highest BCUT2D eigenvalue weighted by molar-refractivity contribution is 4.87. The first-order chi connectivity index (χ1) is 8.70. The molecular formula is C17H33N. The number of nitrogens with one attached hydrogen (secondary N) is 1. The summed E-state index contributed by atoms with van der Waals surface area (Å²) in [4.78, 5) is 0. The minimum atomic E-state index is 0.655. The molecule has 1 N–H and O–H groups in total. The van der Waals surface area contributed by atoms with Gasteiger partial charge in [0.2, 0.25) is 0 Å². The van der Waals surface area contributed by atoms with Gasteiger partial charge in [-0.2, -0.15) is 0 Å². The van der Waals surface area contributed by atoms with Crippen molar-refractivity contribution in [3.05, 3.63) is 0 Å². The van der Waals surface area contributed by atoms with Gasteiger partial charge in [-0.15, -0.1) is 0 Å². The van der Waals surface area contributed by atoms with E-state index in [2.05, 4.69) is 26.1 Å². The van der Waals surface area contributed by atoms with Crippen LogP contribution in [0.15, 0.2) is 0 Å². The van der Waals surface area contributed by atoms with Crippen LogP contribution in [0.25, 0.3) is 0 Å². The molecule has 0 saturated heterocycles. The van der Waals surface area contributed by atoms with E-state index in [1.807, 2.05) is 0 Å². The second-order valence-electron chi connectivity index (χ2n) is 7.11. The quantitative estimate of drug-likeness (QED) is 0.752. The molecule has 2 rings (SSSR count). The van der Waals surface area contributed by atoms with E-state index in [1.54, 1.807) is 0 Å². The van der Waals surface area contributed by atoms with Gasteiger partial charge in [0.05, 0.1) is 0 Å². The van der Waals surface area contributed by atoms with Gasteiger partial charge in [-0.1, -0.05) is 46.5 Å². The van der Waals surface area contributed by atoms with Crippen molar-refractivity contribution in [1.29, 1.82) is 0 Å². The summed E-state index contributed by atoms with van der Waals surface area (Å²) < 4.78 is 0. The third kappa shape index (κ3) is 3.73. The Morgan fingerprint density at radius 2 is 1.72 bits per heavy atom. The highest BCUT2D eigenvalue weighted by atomic mass is 14.9. The van der Waals surface area contributed by atoms with E-state index in [1.165, 1.54) is 57.9 Å². The molecule has 0 heterocycles. The van der Waals surface area contributed by atoms with Crippen LogP contribution in [0.3, 0.4) is 0 Å². The Bertz CT molecular complexity index is 228. The first-order valence-corrected chi connectivity index (χ1v) is 8.44. The van der Waals surface area contributed by atoms with Crippen molar-refractivity contribution in [2.45, 2.75) is 78.2 Å². The molecule has 0 aromatic carbocycles. The third-order valence-corrected chi connectivity index (χ3v) is 5.58. The molecule has 0 aromatic heterocycles. The van der Waals surface area contributed by atoms with Gasteiger partial charge in [0.25, 0.3) is 0 Å². The summed E-state index contributed by atoms with van der Waals surface area (Å²) in [5.41, 5.74) is 0. The van der Waals surface area contributed by atoms with Crippen LogP contribution in [0.4, 0.5) is 0 Å². The van der Waals surface area contributed by atoms with E-state index in [9.17, 15) is 0 Å². The van der Waals surface area contributed by atoms with Crippen molar-refractivity contribution >= 4 is 0 Å². The Morgan fingerprint density at radius 3 is 2.33 bits per heavy atom. The zero-order chi connectivity index (χ0) is 13.0. The molecule has 2 atom stereocenters. The van der Waals surface area contributed by atoms with Gasteiger partial charge in [0.15, 0.2) is 0 Å². The molecule has 0 aromatic rings. The monoisotopic (exact) mass is 251 g/mol. The molecule has 2 aliphatic rings. The van der Waals surface area contributed by atoms with Crippen LogP contribution in [-0.2, 0) is 0 Å². The maximum absolute atomic E-state index is 3.68. The minimum absolute atomic E-state index is 0.655. The van der Waals surface area contributed by atoms with Crippen LogP contribution in [0.2, 0.25) is 0 Å². The second-order valence-corrected chi connectivity index (χ2v) is 7.11. The molecule has 0 amide bonds. The maximum Gasteiger partial charge on any atom is 0.00104 e. The van der Waals surface area contributed by atoms with Gasteiger partial charge >= 0.3 is 0 Å². The summed E-state index contributed by atoms with van der Waals surface area (Å²) in [7, 11) is 0. The van der Waals surface area contributed by atoms with Gasteiger partial charge < -0.3 is 5.32 Å². The third-order valence-electron chi connectivity index (χ3n) is 5.58. The van der Waals surface area contributed by atoms with E-state index in [4.69, 9.17) is 0 Å². The molecule has 106 valence electrons. The van der Waals surface area contributed by atoms with Gasteiger partial charge in [-0.3, -0.25) is 0 Å². The maximum atomic E-state index is 3.68. The normalized spacial score (nSPS) is 37.3. The molecule has 2 fully saturated rings. The molecule has 1 nitrogen and oxygen atoms in total. The lowest BCUT2D eigenvalue weighted by Gasteiger charge is -2.35. The van der Waals surface area contributed by atoms with E-state index in [-0.39, 0.29) is 0 Å². The van der Waals surface area contributed by atoms with Crippen molar-refractivity contribution in [2.24, 2.45) is 23.7 Å². The van der Waals surface area contributed by atoms with Gasteiger partial charge in [-0.05, 0) is 55.9 Å². The fraction of sp³-hybridized carbons (Fsp3) is 1.00. The predicted octanol–water partition coefficient (Wildman–Crippen LogP) is 4.62. The van der Waals surface area contributed by atoms with E-state index < -0.39 is 0 Å². The summed E-state index contributed by atoms with van der Waals surface area (Å²) >= 11 is 0. The summed E-state index contributed by atoms with van der Waals surface area (Å²) in [5, 5.41) is 3.68. The molecule has 0 bridgehead atoms. The standard InChI is InChI=1S/C17H33N/c1-4-14-8-10-15(11-9-14)17-7-5-6-16(17)12-18-13(2)3/h13-18H,4-12H2,1-3H3. The summed E-state index contributed by atoms with van der Waals surface area (Å²) in [5.74, 6) is 4.15. The Balaban J connectivity index is 1.80. The van der Waals surface area contributed by atoms with Gasteiger partial charge in [0.1, 0.15) is 0 Å². The predicted molar refractivity (Wildman–Crippen MR) is 79.7 cm³/mol. The molecule has 0 radical (unpaired) electrons. The first kappa shape index (κ1) is 14.4. The van der Waals surface area contributed by atoms with Crippen LogP contribution in [0, 0.1) is 23.7 Å². The van der Waals surface area contributed by atoms with Crippen molar-refractivity contribution in [1.82, 2.24) is 5.32 Å². The SMILES string of the molecule is CCC1CCC(C2CCCC2CNC(C)C)CC1.